The van der Waals surface area contributed by atoms with Crippen LogP contribution in [0.4, 0.5) is 4.39 Å². The number of nitrogens with zero attached hydrogens (tertiary/aromatic N) is 1. The van der Waals surface area contributed by atoms with Crippen molar-refractivity contribution in [3.63, 3.8) is 0 Å². The van der Waals surface area contributed by atoms with Crippen molar-refractivity contribution in [3.05, 3.63) is 64.4 Å². The molecule has 5 heteroatoms. The van der Waals surface area contributed by atoms with Crippen LogP contribution in [0.5, 0.6) is 0 Å². The predicted molar refractivity (Wildman–Crippen MR) is 74.5 cm³/mol. The van der Waals surface area contributed by atoms with Gasteiger partial charge < -0.3 is 4.55 Å². The Labute approximate surface area is 116 Å². The first-order chi connectivity index (χ1) is 8.65. The molecule has 0 saturated carbocycles. The normalized spacial score (nSPS) is 12.8. The Balaban J connectivity index is 2.08. The molecule has 0 fully saturated rings. The van der Waals surface area contributed by atoms with Gasteiger partial charge in [-0.05, 0) is 42.0 Å². The molecule has 92 valence electrons. The highest BCUT2D eigenvalue weighted by atomic mass is 79.9. The average Bonchev–Trinajstić information content (AvgIpc) is 2.38. The molecule has 2 nitrogen and oxygen atoms in total. The van der Waals surface area contributed by atoms with Crippen LogP contribution < -0.4 is 0 Å². The van der Waals surface area contributed by atoms with Gasteiger partial charge in [0.25, 0.3) is 0 Å². The van der Waals surface area contributed by atoms with Crippen LogP contribution in [0.3, 0.4) is 0 Å². The van der Waals surface area contributed by atoms with Gasteiger partial charge in [0.15, 0.2) is 4.90 Å². The van der Waals surface area contributed by atoms with E-state index in [4.69, 9.17) is 0 Å². The molecule has 2 aromatic carbocycles. The van der Waals surface area contributed by atoms with E-state index in [1.807, 2.05) is 24.3 Å². The molecule has 1 unspecified atom stereocenters. The van der Waals surface area contributed by atoms with Crippen LogP contribution >= 0.6 is 15.9 Å². The van der Waals surface area contributed by atoms with Crippen molar-refractivity contribution >= 4 is 33.5 Å². The third-order valence-electron chi connectivity index (χ3n) is 2.18. The number of hydrogen-bond acceptors (Lipinski definition) is 2. The van der Waals surface area contributed by atoms with Gasteiger partial charge in [-0.3, -0.25) is 0 Å². The van der Waals surface area contributed by atoms with Crippen LogP contribution in [0.1, 0.15) is 5.56 Å². The lowest BCUT2D eigenvalue weighted by Crippen LogP contribution is -1.97. The van der Waals surface area contributed by atoms with Crippen molar-refractivity contribution in [3.8, 4) is 0 Å². The summed E-state index contributed by atoms with van der Waals surface area (Å²) in [5, 5.41) is 0. The van der Waals surface area contributed by atoms with Crippen LogP contribution in [-0.2, 0) is 11.4 Å². The first-order valence-electron chi connectivity index (χ1n) is 5.12. The second-order valence-electron chi connectivity index (χ2n) is 3.49. The van der Waals surface area contributed by atoms with E-state index in [0.29, 0.717) is 4.90 Å². The molecule has 0 aliphatic carbocycles. The summed E-state index contributed by atoms with van der Waals surface area (Å²) in [6.07, 6.45) is 1.53. The Hall–Kier alpha value is -1.17. The molecule has 0 aliphatic rings. The average molecular weight is 326 g/mol. The highest BCUT2D eigenvalue weighted by Crippen LogP contribution is 2.13. The van der Waals surface area contributed by atoms with Crippen molar-refractivity contribution in [2.45, 2.75) is 4.90 Å². The molecule has 1 atom stereocenters. The number of rotatable bonds is 3. The monoisotopic (exact) mass is 325 g/mol. The molecule has 18 heavy (non-hydrogen) atoms. The van der Waals surface area contributed by atoms with Gasteiger partial charge in [-0.25, -0.2) is 4.39 Å². The minimum Gasteiger partial charge on any atom is -0.586 e. The smallest absolute Gasteiger partial charge is 0.182 e. The van der Waals surface area contributed by atoms with E-state index >= 15 is 0 Å². The predicted octanol–water partition coefficient (Wildman–Crippen LogP) is 3.73. The lowest BCUT2D eigenvalue weighted by molar-refractivity contribution is 0.595. The summed E-state index contributed by atoms with van der Waals surface area (Å²) in [4.78, 5) is 0.477. The molecule has 0 aliphatic heterocycles. The van der Waals surface area contributed by atoms with Crippen LogP contribution in [0.15, 0.2) is 62.3 Å². The largest absolute Gasteiger partial charge is 0.586 e. The van der Waals surface area contributed by atoms with Crippen molar-refractivity contribution < 1.29 is 8.94 Å². The Morgan fingerprint density at radius 2 is 1.67 bits per heavy atom. The third kappa shape index (κ3) is 3.66. The molecule has 0 heterocycles. The van der Waals surface area contributed by atoms with E-state index in [0.717, 1.165) is 10.0 Å². The Bertz CT molecular complexity index is 542. The van der Waals surface area contributed by atoms with E-state index in [1.165, 1.54) is 30.5 Å². The van der Waals surface area contributed by atoms with Gasteiger partial charge in [0.2, 0.25) is 0 Å². The van der Waals surface area contributed by atoms with E-state index in [-0.39, 0.29) is 5.82 Å². The minimum absolute atomic E-state index is 0.354. The molecule has 0 amide bonds. The molecular formula is C13H9BrFNOS. The van der Waals surface area contributed by atoms with Gasteiger partial charge in [-0.1, -0.05) is 32.5 Å². The maximum Gasteiger partial charge on any atom is 0.182 e. The van der Waals surface area contributed by atoms with Gasteiger partial charge in [0, 0.05) is 4.47 Å². The van der Waals surface area contributed by atoms with Crippen LogP contribution in [0.2, 0.25) is 0 Å². The van der Waals surface area contributed by atoms with E-state index in [1.54, 1.807) is 0 Å². The zero-order valence-electron chi connectivity index (χ0n) is 9.22. The fourth-order valence-corrected chi connectivity index (χ4v) is 2.24. The zero-order valence-corrected chi connectivity index (χ0v) is 11.6. The fraction of sp³-hybridized carbons (Fsp3) is 0. The molecule has 2 rings (SSSR count). The Morgan fingerprint density at radius 1 is 1.06 bits per heavy atom. The van der Waals surface area contributed by atoms with Crippen LogP contribution in [-0.4, -0.2) is 10.8 Å². The summed E-state index contributed by atoms with van der Waals surface area (Å²) >= 11 is 1.82. The molecule has 0 radical (unpaired) electrons. The molecule has 0 aromatic heterocycles. The number of benzene rings is 2. The zero-order chi connectivity index (χ0) is 13.0. The first-order valence-corrected chi connectivity index (χ1v) is 7.02. The Morgan fingerprint density at radius 3 is 2.28 bits per heavy atom. The molecule has 0 spiro atoms. The van der Waals surface area contributed by atoms with Gasteiger partial charge in [-0.15, -0.1) is 0 Å². The maximum absolute atomic E-state index is 12.7. The quantitative estimate of drug-likeness (QED) is 0.625. The summed E-state index contributed by atoms with van der Waals surface area (Å²) < 4.78 is 29.4. The van der Waals surface area contributed by atoms with Crippen LogP contribution in [0.25, 0.3) is 0 Å². The standard InChI is InChI=1S/C13H9BrFNOS/c14-11-3-1-10(2-4-11)9-16-18(17)13-7-5-12(15)6-8-13/h1-9H. The summed E-state index contributed by atoms with van der Waals surface area (Å²) in [5.74, 6) is -0.354. The summed E-state index contributed by atoms with van der Waals surface area (Å²) in [6, 6.07) is 12.9. The second kappa shape index (κ2) is 6.13. The van der Waals surface area contributed by atoms with Gasteiger partial charge in [-0.2, -0.15) is 0 Å². The molecule has 0 saturated heterocycles. The molecule has 0 N–H and O–H groups in total. The summed E-state index contributed by atoms with van der Waals surface area (Å²) in [6.45, 7) is 0. The lowest BCUT2D eigenvalue weighted by Gasteiger charge is -2.01. The fourth-order valence-electron chi connectivity index (χ4n) is 1.27. The SMILES string of the molecule is [O-][S+](N=Cc1ccc(Br)cc1)c1ccc(F)cc1. The first kappa shape index (κ1) is 13.3. The lowest BCUT2D eigenvalue weighted by atomic mass is 10.2. The second-order valence-corrected chi connectivity index (χ2v) is 5.59. The van der Waals surface area contributed by atoms with E-state index < -0.39 is 11.4 Å². The number of halogens is 2. The van der Waals surface area contributed by atoms with Crippen LogP contribution in [0, 0.1) is 5.82 Å². The number of hydrogen-bond donors (Lipinski definition) is 0. The molecular weight excluding hydrogens is 317 g/mol. The third-order valence-corrected chi connectivity index (χ3v) is 3.68. The van der Waals surface area contributed by atoms with Crippen molar-refractivity contribution in [1.29, 1.82) is 0 Å². The van der Waals surface area contributed by atoms with Crippen molar-refractivity contribution in [1.82, 2.24) is 0 Å². The van der Waals surface area contributed by atoms with Crippen molar-refractivity contribution in [2.24, 2.45) is 4.40 Å². The summed E-state index contributed by atoms with van der Waals surface area (Å²) in [7, 11) is 0. The van der Waals surface area contributed by atoms with E-state index in [2.05, 4.69) is 20.3 Å². The molecule has 0 bridgehead atoms. The van der Waals surface area contributed by atoms with Gasteiger partial charge in [0.05, 0.1) is 6.21 Å². The maximum atomic E-state index is 12.7. The summed E-state index contributed by atoms with van der Waals surface area (Å²) in [5.41, 5.74) is 0.855. The van der Waals surface area contributed by atoms with Gasteiger partial charge in [0.1, 0.15) is 17.2 Å². The molecule has 2 aromatic rings. The van der Waals surface area contributed by atoms with Gasteiger partial charge >= 0.3 is 0 Å². The van der Waals surface area contributed by atoms with E-state index in [9.17, 15) is 8.94 Å². The minimum atomic E-state index is -1.51. The highest BCUT2D eigenvalue weighted by Gasteiger charge is 2.08. The van der Waals surface area contributed by atoms with Crippen molar-refractivity contribution in [2.75, 3.05) is 0 Å². The Kier molecular flexibility index (Phi) is 4.52. The highest BCUT2D eigenvalue weighted by molar-refractivity contribution is 9.10. The topological polar surface area (TPSA) is 35.4 Å².